The maximum Gasteiger partial charge on any atom is 0.182 e. The molecule has 0 saturated carbocycles. The molecule has 0 aliphatic heterocycles. The number of nitrogens with two attached hydrogens (primary N) is 1. The van der Waals surface area contributed by atoms with E-state index in [0.717, 1.165) is 39.8 Å². The van der Waals surface area contributed by atoms with Crippen LogP contribution in [0.3, 0.4) is 0 Å². The summed E-state index contributed by atoms with van der Waals surface area (Å²) in [7, 11) is 3.93. The Morgan fingerprint density at radius 1 is 0.931 bits per heavy atom. The number of hydrogen-bond acceptors (Lipinski definition) is 8. The second-order valence-electron chi connectivity index (χ2n) is 5.90. The highest BCUT2D eigenvalue weighted by atomic mass is 79.9. The van der Waals surface area contributed by atoms with E-state index in [-0.39, 0.29) is 0 Å². The van der Waals surface area contributed by atoms with Crippen molar-refractivity contribution in [1.29, 1.82) is 0 Å². The van der Waals surface area contributed by atoms with Gasteiger partial charge in [0, 0.05) is 69.0 Å². The predicted molar refractivity (Wildman–Crippen MR) is 123 cm³/mol. The maximum atomic E-state index is 5.32. The van der Waals surface area contributed by atoms with Crippen molar-refractivity contribution < 1.29 is 0 Å². The van der Waals surface area contributed by atoms with Gasteiger partial charge < -0.3 is 20.2 Å². The van der Waals surface area contributed by atoms with Crippen molar-refractivity contribution in [3.8, 4) is 0 Å². The van der Waals surface area contributed by atoms with Crippen LogP contribution < -0.4 is 11.1 Å². The average molecular weight is 497 g/mol. The van der Waals surface area contributed by atoms with Crippen LogP contribution in [0.1, 0.15) is 11.4 Å². The van der Waals surface area contributed by atoms with Gasteiger partial charge in [-0.05, 0) is 22.5 Å². The third-order valence-electron chi connectivity index (χ3n) is 3.41. The summed E-state index contributed by atoms with van der Waals surface area (Å²) >= 11 is 6.39. The molecule has 0 unspecified atom stereocenters. The number of nitrogens with zero attached hydrogens (tertiary/aromatic N) is 6. The second kappa shape index (κ2) is 13.2. The summed E-state index contributed by atoms with van der Waals surface area (Å²) in [6.45, 7) is 1.56. The molecule has 0 fully saturated rings. The lowest BCUT2D eigenvalue weighted by molar-refractivity contribution is 0.906. The zero-order valence-corrected chi connectivity index (χ0v) is 19.6. The molecule has 0 amide bonds. The summed E-state index contributed by atoms with van der Waals surface area (Å²) in [5, 5.41) is 8.10. The molecular weight excluding hydrogens is 472 g/mol. The Balaban J connectivity index is 0.000000171. The first kappa shape index (κ1) is 23.2. The van der Waals surface area contributed by atoms with E-state index in [1.807, 2.05) is 52.7 Å². The van der Waals surface area contributed by atoms with Crippen molar-refractivity contribution in [2.24, 2.45) is 19.8 Å². The van der Waals surface area contributed by atoms with Gasteiger partial charge in [-0.25, -0.2) is 19.9 Å². The Hall–Kier alpha value is -2.08. The van der Waals surface area contributed by atoms with Gasteiger partial charge in [-0.3, -0.25) is 0 Å². The van der Waals surface area contributed by atoms with Crippen molar-refractivity contribution >= 4 is 43.7 Å². The minimum absolute atomic E-state index is 0.678. The molecule has 0 aliphatic carbocycles. The van der Waals surface area contributed by atoms with Gasteiger partial charge in [0.2, 0.25) is 0 Å². The summed E-state index contributed by atoms with van der Waals surface area (Å²) in [6, 6.07) is 0. The highest BCUT2D eigenvalue weighted by molar-refractivity contribution is 9.11. The van der Waals surface area contributed by atoms with Crippen LogP contribution >= 0.6 is 38.6 Å². The van der Waals surface area contributed by atoms with Gasteiger partial charge in [0.05, 0.1) is 24.0 Å². The maximum absolute atomic E-state index is 5.32. The molecule has 4 aromatic rings. The van der Waals surface area contributed by atoms with E-state index in [1.54, 1.807) is 41.4 Å². The van der Waals surface area contributed by atoms with Gasteiger partial charge in [-0.15, -0.1) is 22.7 Å². The molecule has 0 aliphatic rings. The monoisotopic (exact) mass is 496 g/mol. The van der Waals surface area contributed by atoms with Gasteiger partial charge in [-0.2, -0.15) is 0 Å². The smallest absolute Gasteiger partial charge is 0.182 e. The normalized spacial score (nSPS) is 9.93. The predicted octanol–water partition coefficient (Wildman–Crippen LogP) is 3.36. The Labute approximate surface area is 187 Å². The molecule has 0 spiro atoms. The number of nitrogens with one attached hydrogen (secondary N) is 1. The molecule has 0 radical (unpaired) electrons. The molecule has 4 rings (SSSR count). The van der Waals surface area contributed by atoms with Crippen molar-refractivity contribution in [2.75, 3.05) is 18.4 Å². The van der Waals surface area contributed by atoms with Crippen LogP contribution in [0.2, 0.25) is 0 Å². The van der Waals surface area contributed by atoms with Gasteiger partial charge in [0.15, 0.2) is 9.05 Å². The Bertz CT molecular complexity index is 902. The van der Waals surface area contributed by atoms with Crippen molar-refractivity contribution in [3.63, 3.8) is 0 Å². The summed E-state index contributed by atoms with van der Waals surface area (Å²) < 4.78 is 4.83. The SMILES string of the molecule is Brc1nccs1.Cn1cnc(CCN)c1.Cn1cnc(CCNc2nccs2)c1. The topological polar surface area (TPSA) is 99.5 Å². The fourth-order valence-electron chi connectivity index (χ4n) is 2.15. The van der Waals surface area contributed by atoms with Crippen LogP contribution in [0.25, 0.3) is 0 Å². The molecule has 0 saturated heterocycles. The highest BCUT2D eigenvalue weighted by Crippen LogP contribution is 2.10. The van der Waals surface area contributed by atoms with Crippen molar-refractivity contribution in [2.45, 2.75) is 12.8 Å². The zero-order chi connectivity index (χ0) is 20.9. The van der Waals surface area contributed by atoms with Crippen LogP contribution in [0.5, 0.6) is 0 Å². The van der Waals surface area contributed by atoms with Crippen molar-refractivity contribution in [3.05, 3.63) is 63.5 Å². The molecular formula is C18H25BrN8S2. The number of thiazole rings is 2. The number of hydrogen-bond donors (Lipinski definition) is 2. The van der Waals surface area contributed by atoms with E-state index < -0.39 is 0 Å². The van der Waals surface area contributed by atoms with Gasteiger partial charge >= 0.3 is 0 Å². The second-order valence-corrected chi connectivity index (χ2v) is 8.96. The van der Waals surface area contributed by atoms with Gasteiger partial charge in [-0.1, -0.05) is 0 Å². The quantitative estimate of drug-likeness (QED) is 0.424. The highest BCUT2D eigenvalue weighted by Gasteiger charge is 1.97. The third kappa shape index (κ3) is 9.79. The minimum atomic E-state index is 0.678. The molecule has 0 aromatic carbocycles. The number of halogens is 1. The Morgan fingerprint density at radius 2 is 1.55 bits per heavy atom. The van der Waals surface area contributed by atoms with E-state index in [2.05, 4.69) is 41.2 Å². The van der Waals surface area contributed by atoms with Crippen LogP contribution in [0.15, 0.2) is 52.1 Å². The summed E-state index contributed by atoms with van der Waals surface area (Å²) in [4.78, 5) is 16.3. The zero-order valence-electron chi connectivity index (χ0n) is 16.4. The molecule has 3 N–H and O–H groups in total. The standard InChI is InChI=1S/C9H12N4S.C6H11N3.C3H2BrNS/c1-13-6-8(12-7-13)2-3-10-9-11-4-5-14-9;1-9-4-6(2-3-7)8-5-9;4-3-5-1-2-6-3/h4-7H,2-3H2,1H3,(H,10,11);4-5H,2-3,7H2,1H3;1-2H. The van der Waals surface area contributed by atoms with Crippen LogP contribution in [-0.4, -0.2) is 42.2 Å². The summed E-state index contributed by atoms with van der Waals surface area (Å²) in [5.41, 5.74) is 7.50. The number of imidazole rings is 2. The third-order valence-corrected chi connectivity index (χ3v) is 5.46. The van der Waals surface area contributed by atoms with E-state index in [9.17, 15) is 0 Å². The number of anilines is 1. The number of aryl methyl sites for hydroxylation is 2. The lowest BCUT2D eigenvalue weighted by atomic mass is 10.3. The van der Waals surface area contributed by atoms with E-state index in [0.29, 0.717) is 6.54 Å². The van der Waals surface area contributed by atoms with Gasteiger partial charge in [0.25, 0.3) is 0 Å². The first-order chi connectivity index (χ1) is 14.1. The van der Waals surface area contributed by atoms with Crippen LogP contribution in [0, 0.1) is 0 Å². The molecule has 8 nitrogen and oxygen atoms in total. The summed E-state index contributed by atoms with van der Waals surface area (Å²) in [6.07, 6.45) is 13.0. The largest absolute Gasteiger partial charge is 0.361 e. The van der Waals surface area contributed by atoms with Crippen molar-refractivity contribution in [1.82, 2.24) is 29.1 Å². The van der Waals surface area contributed by atoms with E-state index >= 15 is 0 Å². The number of rotatable bonds is 6. The molecule has 4 aromatic heterocycles. The first-order valence-corrected chi connectivity index (χ1v) is 11.4. The number of aromatic nitrogens is 6. The van der Waals surface area contributed by atoms with Crippen LogP contribution in [0.4, 0.5) is 5.13 Å². The lowest BCUT2D eigenvalue weighted by Crippen LogP contribution is -2.04. The van der Waals surface area contributed by atoms with Gasteiger partial charge in [0.1, 0.15) is 0 Å². The molecule has 0 atom stereocenters. The minimum Gasteiger partial charge on any atom is -0.361 e. The summed E-state index contributed by atoms with van der Waals surface area (Å²) in [5.74, 6) is 0. The molecule has 11 heteroatoms. The fourth-order valence-corrected chi connectivity index (χ4v) is 3.51. The van der Waals surface area contributed by atoms with E-state index in [4.69, 9.17) is 5.73 Å². The molecule has 4 heterocycles. The first-order valence-electron chi connectivity index (χ1n) is 8.89. The van der Waals surface area contributed by atoms with E-state index in [1.165, 1.54) is 0 Å². The molecule has 156 valence electrons. The molecule has 29 heavy (non-hydrogen) atoms. The fraction of sp³-hybridized carbons (Fsp3) is 0.333. The Kier molecular flexibility index (Phi) is 10.6. The Morgan fingerprint density at radius 3 is 1.97 bits per heavy atom. The van der Waals surface area contributed by atoms with Crippen LogP contribution in [-0.2, 0) is 26.9 Å². The molecule has 0 bridgehead atoms. The lowest BCUT2D eigenvalue weighted by Gasteiger charge is -1.99. The average Bonchev–Trinajstić information content (AvgIpc) is 3.48.